The van der Waals surface area contributed by atoms with Crippen molar-refractivity contribution in [1.29, 1.82) is 0 Å². The Bertz CT molecular complexity index is 115. The van der Waals surface area contributed by atoms with Gasteiger partial charge in [-0.1, -0.05) is 6.92 Å². The second-order valence-electron chi connectivity index (χ2n) is 1.82. The van der Waals surface area contributed by atoms with E-state index in [-0.39, 0.29) is 0 Å². The predicted molar refractivity (Wildman–Crippen MR) is 27.2 cm³/mol. The lowest BCUT2D eigenvalue weighted by atomic mass is 10.3. The van der Waals surface area contributed by atoms with E-state index in [1.165, 1.54) is 0 Å². The van der Waals surface area contributed by atoms with Gasteiger partial charge in [0.2, 0.25) is 0 Å². The van der Waals surface area contributed by atoms with E-state index < -0.39 is 25.3 Å². The maximum Gasteiger partial charge on any atom is 0.391 e. The highest BCUT2D eigenvalue weighted by atomic mass is 19.3. The lowest BCUT2D eigenvalue weighted by molar-refractivity contribution is -0.342. The van der Waals surface area contributed by atoms with Gasteiger partial charge in [0.1, 0.15) is 0 Å². The van der Waals surface area contributed by atoms with Crippen LogP contribution in [0, 0.1) is 0 Å². The van der Waals surface area contributed by atoms with Crippen LogP contribution in [0.15, 0.2) is 0 Å². The number of hydrogen-bond donors (Lipinski definition) is 0. The summed E-state index contributed by atoms with van der Waals surface area (Å²) in [6, 6.07) is 0. The van der Waals surface area contributed by atoms with Crippen molar-refractivity contribution in [3.8, 4) is 0 Å². The van der Waals surface area contributed by atoms with Gasteiger partial charge < -0.3 is 0 Å². The van der Waals surface area contributed by atoms with Gasteiger partial charge in [-0.15, -0.1) is 0 Å². The van der Waals surface area contributed by atoms with E-state index in [9.17, 15) is 22.0 Å². The first kappa shape index (κ1) is 10.6. The number of halogens is 5. The van der Waals surface area contributed by atoms with Crippen molar-refractivity contribution >= 4 is 0 Å². The normalized spacial score (nSPS) is 15.5. The molecular formula is C5H7F5O. The molecule has 0 heterocycles. The van der Waals surface area contributed by atoms with Gasteiger partial charge in [-0.3, -0.25) is 4.74 Å². The average molecular weight is 178 g/mol. The highest BCUT2D eigenvalue weighted by molar-refractivity contribution is 4.64. The molecule has 0 rings (SSSR count). The summed E-state index contributed by atoms with van der Waals surface area (Å²) in [5.41, 5.74) is 0. The number of rotatable bonds is 4. The van der Waals surface area contributed by atoms with Crippen molar-refractivity contribution in [3.05, 3.63) is 0 Å². The Hall–Kier alpha value is -0.390. The molecule has 1 nitrogen and oxygen atoms in total. The van der Waals surface area contributed by atoms with Gasteiger partial charge in [-0.2, -0.15) is 17.6 Å². The summed E-state index contributed by atoms with van der Waals surface area (Å²) < 4.78 is 61.1. The van der Waals surface area contributed by atoms with Gasteiger partial charge in [-0.05, 0) is 6.42 Å². The largest absolute Gasteiger partial charge is 0.391 e. The van der Waals surface area contributed by atoms with Crippen molar-refractivity contribution in [3.63, 3.8) is 0 Å². The molecule has 11 heavy (non-hydrogen) atoms. The maximum atomic E-state index is 12.1. The zero-order chi connectivity index (χ0) is 9.07. The van der Waals surface area contributed by atoms with Crippen LogP contribution in [-0.2, 0) is 4.74 Å². The number of hydrogen-bond acceptors (Lipinski definition) is 1. The summed E-state index contributed by atoms with van der Waals surface area (Å²) in [4.78, 5) is 0. The van der Waals surface area contributed by atoms with Crippen LogP contribution in [0.3, 0.4) is 0 Å². The second-order valence-corrected chi connectivity index (χ2v) is 1.82. The van der Waals surface area contributed by atoms with E-state index in [0.717, 1.165) is 6.92 Å². The Balaban J connectivity index is 3.98. The van der Waals surface area contributed by atoms with Crippen molar-refractivity contribution in [1.82, 2.24) is 0 Å². The first-order valence-corrected chi connectivity index (χ1v) is 2.88. The Morgan fingerprint density at radius 1 is 1.27 bits per heavy atom. The molecule has 0 aromatic rings. The first-order valence-electron chi connectivity index (χ1n) is 2.88. The summed E-state index contributed by atoms with van der Waals surface area (Å²) in [5, 5.41) is 0. The zero-order valence-electron chi connectivity index (χ0n) is 5.66. The Morgan fingerprint density at radius 3 is 2.00 bits per heavy atom. The molecule has 0 fully saturated rings. The average Bonchev–Trinajstić information content (AvgIpc) is 1.83. The van der Waals surface area contributed by atoms with Crippen LogP contribution in [0.4, 0.5) is 22.0 Å². The molecule has 0 aliphatic rings. The topological polar surface area (TPSA) is 9.23 Å². The summed E-state index contributed by atoms with van der Waals surface area (Å²) in [6.07, 6.45) is -7.64. The molecule has 0 saturated heterocycles. The van der Waals surface area contributed by atoms with E-state index in [1.54, 1.807) is 0 Å². The quantitative estimate of drug-likeness (QED) is 0.601. The van der Waals surface area contributed by atoms with Crippen LogP contribution in [0.1, 0.15) is 13.3 Å². The maximum absolute atomic E-state index is 12.1. The van der Waals surface area contributed by atoms with Gasteiger partial charge in [0.25, 0.3) is 0 Å². The monoisotopic (exact) mass is 178 g/mol. The first-order chi connectivity index (χ1) is 4.90. The third-order valence-electron chi connectivity index (χ3n) is 0.969. The molecule has 0 aromatic carbocycles. The summed E-state index contributed by atoms with van der Waals surface area (Å²) in [7, 11) is 0. The van der Waals surface area contributed by atoms with Gasteiger partial charge in [0, 0.05) is 0 Å². The summed E-state index contributed by atoms with van der Waals surface area (Å²) in [5.74, 6) is 0. The van der Waals surface area contributed by atoms with Gasteiger partial charge in [-0.25, -0.2) is 4.39 Å². The van der Waals surface area contributed by atoms with Crippen LogP contribution in [-0.4, -0.2) is 18.9 Å². The van der Waals surface area contributed by atoms with Crippen LogP contribution in [0.25, 0.3) is 0 Å². The lowest BCUT2D eigenvalue weighted by Gasteiger charge is -2.18. The molecule has 0 aliphatic heterocycles. The minimum absolute atomic E-state index is 0.570. The molecule has 1 atom stereocenters. The fourth-order valence-corrected chi connectivity index (χ4v) is 0.430. The van der Waals surface area contributed by atoms with E-state index in [4.69, 9.17) is 0 Å². The molecule has 0 radical (unpaired) electrons. The molecule has 0 spiro atoms. The van der Waals surface area contributed by atoms with Crippen LogP contribution in [0.2, 0.25) is 0 Å². The molecule has 1 unspecified atom stereocenters. The summed E-state index contributed by atoms with van der Waals surface area (Å²) in [6.45, 7) is -2.55. The third-order valence-corrected chi connectivity index (χ3v) is 0.969. The highest BCUT2D eigenvalue weighted by Gasteiger charge is 2.43. The van der Waals surface area contributed by atoms with Crippen molar-refractivity contribution in [2.75, 3.05) is 0 Å². The highest BCUT2D eigenvalue weighted by Crippen LogP contribution is 2.27. The molecule has 6 heteroatoms. The molecular weight excluding hydrogens is 171 g/mol. The fraction of sp³-hybridized carbons (Fsp3) is 1.00. The molecule has 0 aromatic heterocycles. The third kappa shape index (κ3) is 3.50. The van der Waals surface area contributed by atoms with Crippen LogP contribution in [0.5, 0.6) is 0 Å². The van der Waals surface area contributed by atoms with Gasteiger partial charge in [0.05, 0.1) is 0 Å². The SMILES string of the molecule is CCC(F)C(F)(F)OC(F)F. The predicted octanol–water partition coefficient (Wildman–Crippen LogP) is 2.57. The summed E-state index contributed by atoms with van der Waals surface area (Å²) >= 11 is 0. The van der Waals surface area contributed by atoms with E-state index in [0.29, 0.717) is 0 Å². The van der Waals surface area contributed by atoms with Crippen molar-refractivity contribution in [2.45, 2.75) is 32.2 Å². The Labute approximate surface area is 60.1 Å². The Morgan fingerprint density at radius 2 is 1.73 bits per heavy atom. The van der Waals surface area contributed by atoms with Crippen LogP contribution >= 0.6 is 0 Å². The van der Waals surface area contributed by atoms with Crippen molar-refractivity contribution < 1.29 is 26.7 Å². The zero-order valence-corrected chi connectivity index (χ0v) is 5.66. The van der Waals surface area contributed by atoms with Crippen LogP contribution < -0.4 is 0 Å². The van der Waals surface area contributed by atoms with E-state index in [1.807, 2.05) is 0 Å². The minimum atomic E-state index is -4.39. The Kier molecular flexibility index (Phi) is 3.71. The number of ether oxygens (including phenoxy) is 1. The standard InChI is InChI=1S/C5H7F5O/c1-2-3(6)5(9,10)11-4(7)8/h3-4H,2H2,1H3. The number of alkyl halides is 5. The van der Waals surface area contributed by atoms with Gasteiger partial charge >= 0.3 is 12.7 Å². The molecule has 0 N–H and O–H groups in total. The molecule has 0 aliphatic carbocycles. The molecule has 68 valence electrons. The fourth-order valence-electron chi connectivity index (χ4n) is 0.430. The smallest absolute Gasteiger partial charge is 0.256 e. The molecule has 0 saturated carbocycles. The van der Waals surface area contributed by atoms with Gasteiger partial charge in [0.15, 0.2) is 6.17 Å². The van der Waals surface area contributed by atoms with E-state index >= 15 is 0 Å². The lowest BCUT2D eigenvalue weighted by Crippen LogP contribution is -2.34. The molecule has 0 amide bonds. The minimum Gasteiger partial charge on any atom is -0.256 e. The van der Waals surface area contributed by atoms with E-state index in [2.05, 4.69) is 4.74 Å². The van der Waals surface area contributed by atoms with Crippen molar-refractivity contribution in [2.24, 2.45) is 0 Å². The molecule has 0 bridgehead atoms. The second kappa shape index (κ2) is 3.85.